The largest absolute Gasteiger partial charge is 0.476 e. The molecule has 0 bridgehead atoms. The second kappa shape index (κ2) is 11.5. The molecule has 1 aromatic carbocycles. The van der Waals surface area contributed by atoms with E-state index < -0.39 is 34.8 Å². The first kappa shape index (κ1) is 30.0. The number of aryl methyl sites for hydroxylation is 1. The Morgan fingerprint density at radius 3 is 2.46 bits per heavy atom. The zero-order valence-electron chi connectivity index (χ0n) is 22.7. The van der Waals surface area contributed by atoms with Crippen molar-refractivity contribution in [3.63, 3.8) is 0 Å². The molecular formula is C27H29F3N6O4S. The normalized spacial score (nSPS) is 17.6. The number of hydrogen-bond donors (Lipinski definition) is 1. The molecule has 2 amide bonds. The van der Waals surface area contributed by atoms with Crippen LogP contribution < -0.4 is 14.5 Å². The zero-order chi connectivity index (χ0) is 30.1. The van der Waals surface area contributed by atoms with Crippen molar-refractivity contribution >= 4 is 40.7 Å². The van der Waals surface area contributed by atoms with Gasteiger partial charge in [0.25, 0.3) is 5.91 Å². The van der Waals surface area contributed by atoms with Crippen molar-refractivity contribution in [1.82, 2.24) is 14.8 Å². The predicted octanol–water partition coefficient (Wildman–Crippen LogP) is 4.13. The van der Waals surface area contributed by atoms with Crippen molar-refractivity contribution in [3.8, 4) is 11.9 Å². The van der Waals surface area contributed by atoms with Crippen LogP contribution in [-0.4, -0.2) is 81.9 Å². The van der Waals surface area contributed by atoms with Crippen molar-refractivity contribution < 1.29 is 32.6 Å². The number of rotatable bonds is 7. The first-order valence-electron chi connectivity index (χ1n) is 12.9. The molecule has 2 saturated heterocycles. The number of aromatic nitrogens is 1. The average Bonchev–Trinajstić information content (AvgIpc) is 3.11. The van der Waals surface area contributed by atoms with E-state index in [-0.39, 0.29) is 10.8 Å². The van der Waals surface area contributed by atoms with Crippen molar-refractivity contribution in [3.05, 3.63) is 47.2 Å². The van der Waals surface area contributed by atoms with E-state index in [0.29, 0.717) is 57.3 Å². The Labute approximate surface area is 240 Å². The average molecular weight is 591 g/mol. The lowest BCUT2D eigenvalue weighted by molar-refractivity contribution is -0.137. The van der Waals surface area contributed by atoms with Gasteiger partial charge in [0.05, 0.1) is 34.8 Å². The highest BCUT2D eigenvalue weighted by Gasteiger charge is 2.51. The molecule has 10 nitrogen and oxygen atoms in total. The molecule has 0 atom stereocenters. The molecular weight excluding hydrogens is 561 g/mol. The minimum atomic E-state index is -4.79. The third kappa shape index (κ3) is 5.91. The van der Waals surface area contributed by atoms with Crippen molar-refractivity contribution in [1.29, 1.82) is 5.26 Å². The number of hydrogen-bond acceptors (Lipinski definition) is 7. The third-order valence-electron chi connectivity index (χ3n) is 7.19. The molecule has 2 aromatic rings. The summed E-state index contributed by atoms with van der Waals surface area (Å²) in [6, 6.07) is 6.38. The number of carbonyl (C=O) groups is 2. The van der Waals surface area contributed by atoms with Crippen LogP contribution in [0.15, 0.2) is 30.5 Å². The van der Waals surface area contributed by atoms with E-state index in [9.17, 15) is 22.8 Å². The second-order valence-corrected chi connectivity index (χ2v) is 10.5. The van der Waals surface area contributed by atoms with Gasteiger partial charge in [-0.3, -0.25) is 14.6 Å². The van der Waals surface area contributed by atoms with E-state index >= 15 is 0 Å². The van der Waals surface area contributed by atoms with Gasteiger partial charge in [0.2, 0.25) is 5.88 Å². The first-order valence-corrected chi connectivity index (χ1v) is 13.3. The summed E-state index contributed by atoms with van der Waals surface area (Å²) >= 11 is 5.61. The molecule has 218 valence electrons. The Kier molecular flexibility index (Phi) is 8.41. The number of anilines is 2. The molecule has 14 heteroatoms. The molecule has 0 saturated carbocycles. The summed E-state index contributed by atoms with van der Waals surface area (Å²) in [5.74, 6) is -0.116. The number of carbonyl (C=O) groups excluding carboxylic acids is 1. The third-order valence-corrected chi connectivity index (χ3v) is 7.56. The lowest BCUT2D eigenvalue weighted by Crippen LogP contribution is -2.49. The molecule has 41 heavy (non-hydrogen) atoms. The maximum Gasteiger partial charge on any atom is 0.417 e. The van der Waals surface area contributed by atoms with Crippen LogP contribution in [-0.2, 0) is 17.4 Å². The smallest absolute Gasteiger partial charge is 0.417 e. The maximum atomic E-state index is 13.6. The van der Waals surface area contributed by atoms with Gasteiger partial charge in [0.15, 0.2) is 5.11 Å². The SMILES string of the molecule is CCc1cc(N2C(=S)N(c3ccc(C#N)c(C(F)(F)F)c3)C(=O)C2(C)C)cnc1OCCN1CCN(C(=O)O)CC1. The number of piperazine rings is 1. The van der Waals surface area contributed by atoms with Gasteiger partial charge in [0.1, 0.15) is 12.1 Å². The van der Waals surface area contributed by atoms with E-state index in [4.69, 9.17) is 27.3 Å². The van der Waals surface area contributed by atoms with E-state index in [2.05, 4.69) is 9.88 Å². The Morgan fingerprint density at radius 1 is 1.20 bits per heavy atom. The van der Waals surface area contributed by atoms with E-state index in [1.165, 1.54) is 23.2 Å². The molecule has 0 radical (unpaired) electrons. The minimum Gasteiger partial charge on any atom is -0.476 e. The molecule has 2 aliphatic rings. The lowest BCUT2D eigenvalue weighted by atomic mass is 10.0. The van der Waals surface area contributed by atoms with Crippen LogP contribution in [0.1, 0.15) is 37.5 Å². The number of pyridine rings is 1. The molecule has 2 fully saturated rings. The summed E-state index contributed by atoms with van der Waals surface area (Å²) in [6.45, 7) is 8.18. The number of carboxylic acid groups (broad SMARTS) is 1. The van der Waals surface area contributed by atoms with Gasteiger partial charge in [-0.2, -0.15) is 18.4 Å². The van der Waals surface area contributed by atoms with Crippen LogP contribution in [0.3, 0.4) is 0 Å². The molecule has 3 heterocycles. The number of thiocarbonyl (C=S) groups is 1. The fourth-order valence-electron chi connectivity index (χ4n) is 4.88. The van der Waals surface area contributed by atoms with Gasteiger partial charge >= 0.3 is 12.3 Å². The number of nitriles is 1. The molecule has 0 aliphatic carbocycles. The summed E-state index contributed by atoms with van der Waals surface area (Å²) in [7, 11) is 0. The summed E-state index contributed by atoms with van der Waals surface area (Å²) in [5, 5.41) is 18.2. The zero-order valence-corrected chi connectivity index (χ0v) is 23.6. The summed E-state index contributed by atoms with van der Waals surface area (Å²) in [5.41, 5.74) is -1.80. The lowest BCUT2D eigenvalue weighted by Gasteiger charge is -2.32. The highest BCUT2D eigenvalue weighted by Crippen LogP contribution is 2.40. The predicted molar refractivity (Wildman–Crippen MR) is 148 cm³/mol. The Hall–Kier alpha value is -3.96. The molecule has 1 aromatic heterocycles. The fourth-order valence-corrected chi connectivity index (χ4v) is 5.41. The highest BCUT2D eigenvalue weighted by molar-refractivity contribution is 7.81. The number of nitrogens with zero attached hydrogens (tertiary/aromatic N) is 6. The van der Waals surface area contributed by atoms with Crippen LogP contribution in [0.2, 0.25) is 0 Å². The van der Waals surface area contributed by atoms with Crippen molar-refractivity contribution in [2.45, 2.75) is 38.9 Å². The minimum absolute atomic E-state index is 0.0177. The summed E-state index contributed by atoms with van der Waals surface area (Å²) < 4.78 is 46.8. The second-order valence-electron chi connectivity index (χ2n) is 10.1. The molecule has 2 aliphatic heterocycles. The number of amides is 2. The van der Waals surface area contributed by atoms with Gasteiger partial charge < -0.3 is 19.6 Å². The van der Waals surface area contributed by atoms with Crippen LogP contribution in [0, 0.1) is 11.3 Å². The van der Waals surface area contributed by atoms with Gasteiger partial charge in [-0.25, -0.2) is 9.78 Å². The number of alkyl halides is 3. The maximum absolute atomic E-state index is 13.6. The standard InChI is InChI=1S/C27H29F3N6O4S/c1-4-17-13-20(16-32-22(17)40-12-11-33-7-9-34(10-8-33)25(38)39)36-24(41)35(23(37)26(36,2)3)19-6-5-18(15-31)21(14-19)27(28,29)30/h5-6,13-14,16H,4,7-12H2,1-3H3,(H,38,39). The Balaban J connectivity index is 1.53. The number of halogens is 3. The Morgan fingerprint density at radius 2 is 1.88 bits per heavy atom. The van der Waals surface area contributed by atoms with E-state index in [1.54, 1.807) is 24.8 Å². The van der Waals surface area contributed by atoms with Crippen LogP contribution in [0.4, 0.5) is 29.3 Å². The van der Waals surface area contributed by atoms with Crippen molar-refractivity contribution in [2.24, 2.45) is 0 Å². The Bertz CT molecular complexity index is 1400. The number of ether oxygens (including phenoxy) is 1. The van der Waals surface area contributed by atoms with Gasteiger partial charge in [-0.15, -0.1) is 0 Å². The molecule has 0 unspecified atom stereocenters. The quantitative estimate of drug-likeness (QED) is 0.476. The summed E-state index contributed by atoms with van der Waals surface area (Å²) in [6.07, 6.45) is -3.66. The molecule has 0 spiro atoms. The van der Waals surface area contributed by atoms with Crippen LogP contribution in [0.25, 0.3) is 0 Å². The molecule has 1 N–H and O–H groups in total. The number of benzene rings is 1. The van der Waals surface area contributed by atoms with Gasteiger partial charge in [0, 0.05) is 38.3 Å². The molecule has 4 rings (SSSR count). The van der Waals surface area contributed by atoms with Gasteiger partial charge in [-0.1, -0.05) is 6.92 Å². The van der Waals surface area contributed by atoms with Crippen LogP contribution in [0.5, 0.6) is 5.88 Å². The topological polar surface area (TPSA) is 113 Å². The fraction of sp³-hybridized carbons (Fsp3) is 0.444. The van der Waals surface area contributed by atoms with E-state index in [1.807, 2.05) is 6.92 Å². The van der Waals surface area contributed by atoms with Gasteiger partial charge in [-0.05, 0) is 56.8 Å². The first-order chi connectivity index (χ1) is 19.3. The summed E-state index contributed by atoms with van der Waals surface area (Å²) in [4.78, 5) is 35.1. The highest BCUT2D eigenvalue weighted by atomic mass is 32.1. The monoisotopic (exact) mass is 590 g/mol. The van der Waals surface area contributed by atoms with Crippen LogP contribution >= 0.6 is 12.2 Å². The van der Waals surface area contributed by atoms with Crippen molar-refractivity contribution in [2.75, 3.05) is 49.1 Å². The van der Waals surface area contributed by atoms with E-state index in [0.717, 1.165) is 22.6 Å².